The van der Waals surface area contributed by atoms with Crippen molar-refractivity contribution in [3.8, 4) is 16.3 Å². The molecule has 1 aromatic carbocycles. The molecule has 3 rings (SSSR count). The van der Waals surface area contributed by atoms with E-state index in [0.29, 0.717) is 10.6 Å². The summed E-state index contributed by atoms with van der Waals surface area (Å²) in [6.45, 7) is 0. The first-order chi connectivity index (χ1) is 11.2. The zero-order valence-electron chi connectivity index (χ0n) is 12.3. The highest BCUT2D eigenvalue weighted by atomic mass is 32.2. The van der Waals surface area contributed by atoms with Gasteiger partial charge in [0.05, 0.1) is 21.7 Å². The fourth-order valence-electron chi connectivity index (χ4n) is 2.25. The molecule has 0 atom stereocenters. The minimum absolute atomic E-state index is 0.0394. The molecule has 0 spiro atoms. The van der Waals surface area contributed by atoms with Crippen molar-refractivity contribution in [1.82, 2.24) is 9.55 Å². The molecular weight excluding hydrogens is 361 g/mol. The smallest absolute Gasteiger partial charge is 0.288 e. The summed E-state index contributed by atoms with van der Waals surface area (Å²) in [5, 5.41) is 1.76. The van der Waals surface area contributed by atoms with E-state index in [-0.39, 0.29) is 10.6 Å². The molecule has 0 aliphatic rings. The van der Waals surface area contributed by atoms with Crippen molar-refractivity contribution in [3.63, 3.8) is 0 Å². The van der Waals surface area contributed by atoms with Crippen molar-refractivity contribution in [1.29, 1.82) is 0 Å². The summed E-state index contributed by atoms with van der Waals surface area (Å²) in [5.41, 5.74) is 0.486. The second kappa shape index (κ2) is 5.75. The first-order valence-electron chi connectivity index (χ1n) is 6.67. The Morgan fingerprint density at radius 2 is 1.79 bits per heavy atom. The summed E-state index contributed by atoms with van der Waals surface area (Å²) in [5.74, 6) is -1.06. The molecule has 0 amide bonds. The largest absolute Gasteiger partial charge is 0.450 e. The van der Waals surface area contributed by atoms with Crippen molar-refractivity contribution in [2.75, 3.05) is 6.26 Å². The fraction of sp³-hybridized carbons (Fsp3) is 0.133. The van der Waals surface area contributed by atoms with Crippen LogP contribution in [-0.4, -0.2) is 24.2 Å². The second-order valence-electron chi connectivity index (χ2n) is 5.04. The lowest BCUT2D eigenvalue weighted by molar-refractivity contribution is -0.145. The number of imidazole rings is 1. The topological polar surface area (TPSA) is 52.0 Å². The van der Waals surface area contributed by atoms with Gasteiger partial charge in [0.1, 0.15) is 0 Å². The Bertz CT molecular complexity index is 957. The van der Waals surface area contributed by atoms with Crippen molar-refractivity contribution >= 4 is 21.2 Å². The third-order valence-electron chi connectivity index (χ3n) is 3.31. The zero-order chi connectivity index (χ0) is 17.5. The van der Waals surface area contributed by atoms with Crippen LogP contribution in [0.15, 0.2) is 52.9 Å². The highest BCUT2D eigenvalue weighted by molar-refractivity contribution is 7.90. The number of aromatic nitrogens is 2. The van der Waals surface area contributed by atoms with Crippen molar-refractivity contribution < 1.29 is 21.6 Å². The molecule has 4 nitrogen and oxygen atoms in total. The molecule has 24 heavy (non-hydrogen) atoms. The molecule has 126 valence electrons. The van der Waals surface area contributed by atoms with Gasteiger partial charge in [-0.3, -0.25) is 4.57 Å². The minimum Gasteiger partial charge on any atom is -0.288 e. The molecule has 0 unspecified atom stereocenters. The van der Waals surface area contributed by atoms with Crippen molar-refractivity contribution in [3.05, 3.63) is 53.8 Å². The van der Waals surface area contributed by atoms with E-state index in [1.807, 2.05) is 0 Å². The standard InChI is InChI=1S/C15H11F3N2O2S2/c1-24(21,22)11-6-4-10(5-7-11)20-12(13-3-2-8-23-13)9-19-14(20)15(16,17)18/h2-9H,1H3. The predicted molar refractivity (Wildman–Crippen MR) is 85.0 cm³/mol. The summed E-state index contributed by atoms with van der Waals surface area (Å²) in [7, 11) is -3.43. The quantitative estimate of drug-likeness (QED) is 0.698. The van der Waals surface area contributed by atoms with Crippen LogP contribution in [0.25, 0.3) is 16.3 Å². The summed E-state index contributed by atoms with van der Waals surface area (Å²) < 4.78 is 63.9. The molecule has 2 heterocycles. The fourth-order valence-corrected chi connectivity index (χ4v) is 3.61. The van der Waals surface area contributed by atoms with Crippen LogP contribution in [0.1, 0.15) is 5.82 Å². The van der Waals surface area contributed by atoms with Crippen LogP contribution < -0.4 is 0 Å². The molecule has 9 heteroatoms. The molecular formula is C15H11F3N2O2S2. The number of alkyl halides is 3. The van der Waals surface area contributed by atoms with Crippen LogP contribution in [0.3, 0.4) is 0 Å². The SMILES string of the molecule is CS(=O)(=O)c1ccc(-n2c(-c3cccs3)cnc2C(F)(F)F)cc1. The summed E-state index contributed by atoms with van der Waals surface area (Å²) >= 11 is 1.29. The van der Waals surface area contributed by atoms with Gasteiger partial charge in [0, 0.05) is 11.9 Å². The third-order valence-corrected chi connectivity index (χ3v) is 5.33. The molecule has 0 radical (unpaired) electrons. The van der Waals surface area contributed by atoms with Gasteiger partial charge in [0.25, 0.3) is 0 Å². The molecule has 0 fully saturated rings. The van der Waals surface area contributed by atoms with E-state index in [9.17, 15) is 21.6 Å². The number of hydrogen-bond acceptors (Lipinski definition) is 4. The first kappa shape index (κ1) is 16.7. The van der Waals surface area contributed by atoms with Crippen LogP contribution in [-0.2, 0) is 16.0 Å². The van der Waals surface area contributed by atoms with E-state index < -0.39 is 21.8 Å². The normalized spacial score (nSPS) is 12.5. The molecule has 0 aliphatic heterocycles. The van der Waals surface area contributed by atoms with E-state index >= 15 is 0 Å². The Labute approximate surface area is 140 Å². The van der Waals surface area contributed by atoms with Gasteiger partial charge < -0.3 is 0 Å². The minimum atomic E-state index is -4.63. The van der Waals surface area contributed by atoms with E-state index in [4.69, 9.17) is 0 Å². The highest BCUT2D eigenvalue weighted by Gasteiger charge is 2.38. The second-order valence-corrected chi connectivity index (χ2v) is 8.01. The Morgan fingerprint density at radius 3 is 2.29 bits per heavy atom. The zero-order valence-corrected chi connectivity index (χ0v) is 13.9. The molecule has 0 N–H and O–H groups in total. The monoisotopic (exact) mass is 372 g/mol. The Kier molecular flexibility index (Phi) is 4.00. The average molecular weight is 372 g/mol. The number of thiophene rings is 1. The lowest BCUT2D eigenvalue weighted by Gasteiger charge is -2.13. The van der Waals surface area contributed by atoms with Gasteiger partial charge >= 0.3 is 6.18 Å². The van der Waals surface area contributed by atoms with Gasteiger partial charge in [0.2, 0.25) is 5.82 Å². The number of sulfone groups is 1. The number of halogens is 3. The maximum absolute atomic E-state index is 13.3. The number of nitrogens with zero attached hydrogens (tertiary/aromatic N) is 2. The first-order valence-corrected chi connectivity index (χ1v) is 9.44. The Morgan fingerprint density at radius 1 is 1.12 bits per heavy atom. The molecule has 3 aromatic rings. The van der Waals surface area contributed by atoms with Gasteiger partial charge in [-0.25, -0.2) is 13.4 Å². The lowest BCUT2D eigenvalue weighted by atomic mass is 10.3. The van der Waals surface area contributed by atoms with E-state index in [2.05, 4.69) is 4.98 Å². The van der Waals surface area contributed by atoms with Crippen LogP contribution in [0.4, 0.5) is 13.2 Å². The van der Waals surface area contributed by atoms with E-state index in [0.717, 1.165) is 10.8 Å². The summed E-state index contributed by atoms with van der Waals surface area (Å²) in [6.07, 6.45) is -2.43. The van der Waals surface area contributed by atoms with Crippen LogP contribution in [0.5, 0.6) is 0 Å². The summed E-state index contributed by atoms with van der Waals surface area (Å²) in [6, 6.07) is 8.67. The molecule has 0 saturated heterocycles. The Hall–Kier alpha value is -2.13. The van der Waals surface area contributed by atoms with E-state index in [1.165, 1.54) is 41.8 Å². The van der Waals surface area contributed by atoms with Gasteiger partial charge in [-0.2, -0.15) is 13.2 Å². The number of hydrogen-bond donors (Lipinski definition) is 0. The van der Waals surface area contributed by atoms with E-state index in [1.54, 1.807) is 17.5 Å². The third kappa shape index (κ3) is 3.09. The van der Waals surface area contributed by atoms with Gasteiger partial charge in [0.15, 0.2) is 9.84 Å². The van der Waals surface area contributed by atoms with Gasteiger partial charge in [-0.05, 0) is 35.7 Å². The maximum Gasteiger partial charge on any atom is 0.450 e. The lowest BCUT2D eigenvalue weighted by Crippen LogP contribution is -2.14. The maximum atomic E-state index is 13.3. The van der Waals surface area contributed by atoms with Crippen LogP contribution >= 0.6 is 11.3 Å². The molecule has 0 saturated carbocycles. The van der Waals surface area contributed by atoms with Crippen LogP contribution in [0.2, 0.25) is 0 Å². The predicted octanol–water partition coefficient (Wildman–Crippen LogP) is 4.02. The van der Waals surface area contributed by atoms with Crippen molar-refractivity contribution in [2.24, 2.45) is 0 Å². The average Bonchev–Trinajstić information content (AvgIpc) is 3.14. The van der Waals surface area contributed by atoms with Crippen LogP contribution in [0, 0.1) is 0 Å². The highest BCUT2D eigenvalue weighted by Crippen LogP contribution is 2.36. The van der Waals surface area contributed by atoms with Gasteiger partial charge in [-0.1, -0.05) is 6.07 Å². The summed E-state index contributed by atoms with van der Waals surface area (Å²) in [4.78, 5) is 4.19. The van der Waals surface area contributed by atoms with Gasteiger partial charge in [-0.15, -0.1) is 11.3 Å². The molecule has 0 bridgehead atoms. The number of benzene rings is 1. The molecule has 0 aliphatic carbocycles. The Balaban J connectivity index is 2.20. The number of rotatable bonds is 3. The van der Waals surface area contributed by atoms with Crippen molar-refractivity contribution in [2.45, 2.75) is 11.1 Å². The molecule has 2 aromatic heterocycles.